The molecule has 2 fully saturated rings. The minimum Gasteiger partial charge on any atom is -0.374 e. The third-order valence-corrected chi connectivity index (χ3v) is 5.14. The second-order valence-electron chi connectivity index (χ2n) is 7.27. The highest BCUT2D eigenvalue weighted by Crippen LogP contribution is 2.37. The van der Waals surface area contributed by atoms with Crippen molar-refractivity contribution >= 4 is 0 Å². The first-order valence-electron chi connectivity index (χ1n) is 9.15. The van der Waals surface area contributed by atoms with Crippen molar-refractivity contribution in [3.8, 4) is 0 Å². The summed E-state index contributed by atoms with van der Waals surface area (Å²) < 4.78 is 0. The predicted octanol–water partition coefficient (Wildman–Crippen LogP) is 4.96. The Hall–Kier alpha value is -1.18. The van der Waals surface area contributed by atoms with Crippen LogP contribution in [0.4, 0.5) is 0 Å². The number of hydrogen-bond donors (Lipinski definition) is 0. The van der Waals surface area contributed by atoms with Gasteiger partial charge in [0, 0.05) is 43.0 Å². The second kappa shape index (κ2) is 7.89. The number of likely N-dealkylation sites (tertiary alicyclic amines) is 2. The molecule has 0 aliphatic carbocycles. The van der Waals surface area contributed by atoms with Crippen LogP contribution in [-0.2, 0) is 0 Å². The Bertz CT molecular complexity index is 421. The topological polar surface area (TPSA) is 6.48 Å². The number of nitrogens with zero attached hydrogens (tertiary/aromatic N) is 2. The summed E-state index contributed by atoms with van der Waals surface area (Å²) in [5.74, 6) is 0. The largest absolute Gasteiger partial charge is 0.374 e. The lowest BCUT2D eigenvalue weighted by Gasteiger charge is -2.50. The maximum absolute atomic E-state index is 4.01. The van der Waals surface area contributed by atoms with Gasteiger partial charge in [-0.1, -0.05) is 33.8 Å². The molecular formula is C20H34N2. The fourth-order valence-electron chi connectivity index (χ4n) is 3.92. The van der Waals surface area contributed by atoms with Crippen LogP contribution < -0.4 is 0 Å². The molecule has 0 bridgehead atoms. The van der Waals surface area contributed by atoms with Crippen LogP contribution in [0.15, 0.2) is 36.2 Å². The Kier molecular flexibility index (Phi) is 6.16. The number of rotatable bonds is 7. The van der Waals surface area contributed by atoms with Crippen molar-refractivity contribution in [3.63, 3.8) is 0 Å². The molecule has 0 radical (unpaired) electrons. The molecule has 2 aliphatic heterocycles. The fraction of sp³-hybridized carbons (Fsp3) is 0.700. The van der Waals surface area contributed by atoms with Gasteiger partial charge in [-0.3, -0.25) is 0 Å². The molecule has 124 valence electrons. The molecule has 0 atom stereocenters. The number of piperidine rings is 1. The summed E-state index contributed by atoms with van der Waals surface area (Å²) in [7, 11) is 0. The lowest BCUT2D eigenvalue weighted by atomic mass is 9.77. The molecule has 0 saturated carbocycles. The van der Waals surface area contributed by atoms with Crippen molar-refractivity contribution in [1.82, 2.24) is 9.80 Å². The van der Waals surface area contributed by atoms with Crippen LogP contribution in [0.1, 0.15) is 59.3 Å². The Morgan fingerprint density at radius 1 is 1.05 bits per heavy atom. The minimum atomic E-state index is 0.543. The molecule has 2 nitrogen and oxygen atoms in total. The zero-order valence-corrected chi connectivity index (χ0v) is 14.9. The first-order chi connectivity index (χ1) is 10.6. The molecule has 0 spiro atoms. The van der Waals surface area contributed by atoms with Gasteiger partial charge in [-0.2, -0.15) is 0 Å². The van der Waals surface area contributed by atoms with E-state index in [1.165, 1.54) is 69.7 Å². The first-order valence-corrected chi connectivity index (χ1v) is 9.15. The van der Waals surface area contributed by atoms with Crippen LogP contribution in [0.5, 0.6) is 0 Å². The highest BCUT2D eigenvalue weighted by atomic mass is 15.2. The molecule has 2 heterocycles. The molecular weight excluding hydrogens is 268 g/mol. The maximum atomic E-state index is 4.01. The highest BCUT2D eigenvalue weighted by Gasteiger charge is 2.37. The number of allylic oxidation sites excluding steroid dienone is 4. The van der Waals surface area contributed by atoms with Crippen LogP contribution in [0.3, 0.4) is 0 Å². The molecule has 0 aromatic rings. The average molecular weight is 303 g/mol. The normalized spacial score (nSPS) is 22.5. The van der Waals surface area contributed by atoms with E-state index in [-0.39, 0.29) is 0 Å². The number of hydrogen-bond acceptors (Lipinski definition) is 2. The Labute approximate surface area is 137 Å². The molecule has 2 rings (SSSR count). The SMILES string of the molecule is C=C/C(=C\C=C(/CC)N1CC(C)(CCC)C1)N1CCCCC1. The van der Waals surface area contributed by atoms with Crippen molar-refractivity contribution < 1.29 is 0 Å². The smallest absolute Gasteiger partial charge is 0.0360 e. The molecule has 0 aromatic carbocycles. The van der Waals surface area contributed by atoms with Crippen LogP contribution in [0.2, 0.25) is 0 Å². The van der Waals surface area contributed by atoms with Gasteiger partial charge in [0.15, 0.2) is 0 Å². The maximum Gasteiger partial charge on any atom is 0.0360 e. The van der Waals surface area contributed by atoms with E-state index in [1.54, 1.807) is 0 Å². The van der Waals surface area contributed by atoms with Crippen molar-refractivity contribution in [1.29, 1.82) is 0 Å². The lowest BCUT2D eigenvalue weighted by Crippen LogP contribution is -2.53. The van der Waals surface area contributed by atoms with Crippen molar-refractivity contribution in [2.24, 2.45) is 5.41 Å². The Balaban J connectivity index is 1.99. The highest BCUT2D eigenvalue weighted by molar-refractivity contribution is 5.25. The molecule has 0 N–H and O–H groups in total. The second-order valence-corrected chi connectivity index (χ2v) is 7.27. The molecule has 22 heavy (non-hydrogen) atoms. The zero-order chi connectivity index (χ0) is 16.0. The summed E-state index contributed by atoms with van der Waals surface area (Å²) in [6.45, 7) is 15.8. The van der Waals surface area contributed by atoms with Crippen molar-refractivity contribution in [2.75, 3.05) is 26.2 Å². The lowest BCUT2D eigenvalue weighted by molar-refractivity contribution is 0.0354. The Morgan fingerprint density at radius 2 is 1.73 bits per heavy atom. The minimum absolute atomic E-state index is 0.543. The van der Waals surface area contributed by atoms with Crippen LogP contribution >= 0.6 is 0 Å². The van der Waals surface area contributed by atoms with E-state index in [2.05, 4.69) is 49.3 Å². The van der Waals surface area contributed by atoms with E-state index in [0.29, 0.717) is 5.41 Å². The summed E-state index contributed by atoms with van der Waals surface area (Å²) >= 11 is 0. The summed E-state index contributed by atoms with van der Waals surface area (Å²) in [5, 5.41) is 0. The van der Waals surface area contributed by atoms with Gasteiger partial charge >= 0.3 is 0 Å². The third-order valence-electron chi connectivity index (χ3n) is 5.14. The van der Waals surface area contributed by atoms with E-state index < -0.39 is 0 Å². The predicted molar refractivity (Wildman–Crippen MR) is 96.7 cm³/mol. The summed E-state index contributed by atoms with van der Waals surface area (Å²) in [5.41, 5.74) is 3.31. The summed E-state index contributed by atoms with van der Waals surface area (Å²) in [6.07, 6.45) is 14.4. The van der Waals surface area contributed by atoms with E-state index in [1.807, 2.05) is 6.08 Å². The van der Waals surface area contributed by atoms with Crippen LogP contribution in [-0.4, -0.2) is 36.0 Å². The van der Waals surface area contributed by atoms with Gasteiger partial charge < -0.3 is 9.80 Å². The molecule has 0 aromatic heterocycles. The van der Waals surface area contributed by atoms with Gasteiger partial charge in [0.25, 0.3) is 0 Å². The van der Waals surface area contributed by atoms with Gasteiger partial charge in [0.05, 0.1) is 0 Å². The van der Waals surface area contributed by atoms with Gasteiger partial charge in [0.2, 0.25) is 0 Å². The Morgan fingerprint density at radius 3 is 2.27 bits per heavy atom. The van der Waals surface area contributed by atoms with Gasteiger partial charge in [-0.05, 0) is 50.3 Å². The molecule has 0 unspecified atom stereocenters. The first kappa shape index (κ1) is 17.2. The van der Waals surface area contributed by atoms with Gasteiger partial charge in [-0.25, -0.2) is 0 Å². The summed E-state index contributed by atoms with van der Waals surface area (Å²) in [6, 6.07) is 0. The van der Waals surface area contributed by atoms with Crippen LogP contribution in [0.25, 0.3) is 0 Å². The average Bonchev–Trinajstić information content (AvgIpc) is 2.51. The zero-order valence-electron chi connectivity index (χ0n) is 14.9. The molecule has 2 heteroatoms. The van der Waals surface area contributed by atoms with E-state index in [4.69, 9.17) is 0 Å². The van der Waals surface area contributed by atoms with E-state index in [9.17, 15) is 0 Å². The van der Waals surface area contributed by atoms with E-state index >= 15 is 0 Å². The molecule has 2 aliphatic rings. The monoisotopic (exact) mass is 302 g/mol. The molecule has 0 amide bonds. The van der Waals surface area contributed by atoms with Gasteiger partial charge in [-0.15, -0.1) is 0 Å². The third kappa shape index (κ3) is 4.18. The standard InChI is InChI=1S/C20H34N2/c1-5-13-20(4)16-22(17-20)19(7-3)12-11-18(6-2)21-14-9-8-10-15-21/h6,11-12H,2,5,7-10,13-17H2,1,3-4H3/b18-11+,19-12+. The van der Waals surface area contributed by atoms with E-state index in [0.717, 1.165) is 6.42 Å². The quantitative estimate of drug-likeness (QED) is 0.613. The van der Waals surface area contributed by atoms with Crippen LogP contribution in [0, 0.1) is 5.41 Å². The van der Waals surface area contributed by atoms with Crippen molar-refractivity contribution in [2.45, 2.75) is 59.3 Å². The van der Waals surface area contributed by atoms with Crippen molar-refractivity contribution in [3.05, 3.63) is 36.2 Å². The molecule has 2 saturated heterocycles. The summed E-state index contributed by atoms with van der Waals surface area (Å²) in [4.78, 5) is 5.04. The van der Waals surface area contributed by atoms with Gasteiger partial charge in [0.1, 0.15) is 0 Å². The fourth-order valence-corrected chi connectivity index (χ4v) is 3.92.